The van der Waals surface area contributed by atoms with Crippen molar-refractivity contribution >= 4 is 23.2 Å². The first-order valence-electron chi connectivity index (χ1n) is 14.0. The third kappa shape index (κ3) is 6.64. The fourth-order valence-corrected chi connectivity index (χ4v) is 5.32. The Morgan fingerprint density at radius 3 is 2.26 bits per heavy atom. The van der Waals surface area contributed by atoms with Crippen molar-refractivity contribution in [3.05, 3.63) is 87.2 Å². The van der Waals surface area contributed by atoms with Crippen LogP contribution in [-0.2, 0) is 24.4 Å². The average Bonchev–Trinajstić information content (AvgIpc) is 3.67. The Morgan fingerprint density at radius 2 is 1.70 bits per heavy atom. The molecule has 0 bridgehead atoms. The number of imidazole rings is 1. The van der Waals surface area contributed by atoms with E-state index in [1.807, 2.05) is 10.6 Å². The second kappa shape index (κ2) is 12.0. The normalized spacial score (nSPS) is 15.0. The fourth-order valence-electron chi connectivity index (χ4n) is 5.32. The van der Waals surface area contributed by atoms with Crippen LogP contribution in [0.3, 0.4) is 0 Å². The van der Waals surface area contributed by atoms with Crippen LogP contribution in [0, 0.1) is 24.5 Å². The molecular formula is C30H25F8N5O4. The molecule has 3 N–H and O–H groups in total. The number of carboxylic acid groups (broad SMARTS) is 1. The number of hydrogen-bond acceptors (Lipinski definition) is 5. The number of rotatable bonds is 9. The standard InChI is InChI=1S/C30H25F8N5O4/c1-13-9-18(29(33,34)35)22(27(45)42(13)2)17-6-5-16(43-8-7-39-25(17)43)12-21(28(46)47)41-26(44)23-19(31)10-15(11-20(23)32)40-24(14-3-4-14)30(36,37)38/h5-11,14,21,24,40H,3-4,12H2,1-2H3,(H,41,44)(H,46,47). The van der Waals surface area contributed by atoms with Gasteiger partial charge in [-0.15, -0.1) is 0 Å². The second-order valence-electron chi connectivity index (χ2n) is 11.2. The van der Waals surface area contributed by atoms with Gasteiger partial charge in [0.05, 0.1) is 11.1 Å². The minimum absolute atomic E-state index is 0.0460. The number of alkyl halides is 6. The summed E-state index contributed by atoms with van der Waals surface area (Å²) in [6.45, 7) is 1.33. The van der Waals surface area contributed by atoms with Crippen LogP contribution in [0.5, 0.6) is 0 Å². The molecule has 0 saturated heterocycles. The van der Waals surface area contributed by atoms with Crippen molar-refractivity contribution < 1.29 is 49.8 Å². The van der Waals surface area contributed by atoms with Gasteiger partial charge in [0.15, 0.2) is 0 Å². The van der Waals surface area contributed by atoms with Crippen LogP contribution in [0.4, 0.5) is 40.8 Å². The number of aryl methyl sites for hydroxylation is 1. The summed E-state index contributed by atoms with van der Waals surface area (Å²) in [5.41, 5.74) is -4.91. The molecular weight excluding hydrogens is 646 g/mol. The zero-order valence-electron chi connectivity index (χ0n) is 24.4. The summed E-state index contributed by atoms with van der Waals surface area (Å²) in [6, 6.07) is 0.240. The van der Waals surface area contributed by atoms with Gasteiger partial charge < -0.3 is 24.7 Å². The van der Waals surface area contributed by atoms with Crippen molar-refractivity contribution in [3.63, 3.8) is 0 Å². The van der Waals surface area contributed by atoms with Crippen LogP contribution >= 0.6 is 0 Å². The van der Waals surface area contributed by atoms with Gasteiger partial charge in [0.25, 0.3) is 11.5 Å². The Hall–Kier alpha value is -4.96. The van der Waals surface area contributed by atoms with Gasteiger partial charge >= 0.3 is 18.3 Å². The molecule has 2 atom stereocenters. The van der Waals surface area contributed by atoms with Gasteiger partial charge in [-0.05, 0) is 56.0 Å². The predicted octanol–water partition coefficient (Wildman–Crippen LogP) is 5.48. The number of hydrogen-bond donors (Lipinski definition) is 3. The first kappa shape index (κ1) is 33.4. The predicted molar refractivity (Wildman–Crippen MR) is 151 cm³/mol. The number of benzene rings is 1. The number of amides is 1. The van der Waals surface area contributed by atoms with Gasteiger partial charge in [-0.1, -0.05) is 0 Å². The van der Waals surface area contributed by atoms with Crippen LogP contribution in [0.2, 0.25) is 0 Å². The maximum Gasteiger partial charge on any atom is 0.417 e. The van der Waals surface area contributed by atoms with Crippen molar-refractivity contribution in [3.8, 4) is 11.1 Å². The summed E-state index contributed by atoms with van der Waals surface area (Å²) >= 11 is 0. The highest BCUT2D eigenvalue weighted by Crippen LogP contribution is 2.42. The number of fused-ring (bicyclic) bond motifs is 1. The number of nitrogens with zero attached hydrogens (tertiary/aromatic N) is 3. The van der Waals surface area contributed by atoms with Gasteiger partial charge in [0.2, 0.25) is 0 Å². The van der Waals surface area contributed by atoms with Gasteiger partial charge in [-0.2, -0.15) is 26.3 Å². The van der Waals surface area contributed by atoms with E-state index < -0.39 is 88.2 Å². The molecule has 5 rings (SSSR count). The molecule has 1 amide bonds. The fraction of sp³-hybridized carbons (Fsp3) is 0.333. The quantitative estimate of drug-likeness (QED) is 0.203. The van der Waals surface area contributed by atoms with Crippen LogP contribution in [0.15, 0.2) is 47.5 Å². The number of halogens is 8. The van der Waals surface area contributed by atoms with E-state index in [0.29, 0.717) is 12.1 Å². The highest BCUT2D eigenvalue weighted by Gasteiger charge is 2.49. The van der Waals surface area contributed by atoms with Crippen LogP contribution < -0.4 is 16.2 Å². The van der Waals surface area contributed by atoms with Crippen LogP contribution in [-0.4, -0.2) is 49.2 Å². The molecule has 1 aliphatic rings. The summed E-state index contributed by atoms with van der Waals surface area (Å²) in [5, 5.41) is 13.8. The van der Waals surface area contributed by atoms with Crippen molar-refractivity contribution in [1.82, 2.24) is 19.3 Å². The van der Waals surface area contributed by atoms with E-state index in [9.17, 15) is 54.6 Å². The molecule has 1 saturated carbocycles. The minimum Gasteiger partial charge on any atom is -0.480 e. The Bertz CT molecular complexity index is 1920. The number of aliphatic carboxylic acids is 1. The maximum absolute atomic E-state index is 14.9. The molecule has 1 aromatic carbocycles. The SMILES string of the molecule is Cc1cc(C(F)(F)F)c(-c2ccc(CC(NC(=O)c3c(F)cc(NC(C4CC4)C(F)(F)F)cc3F)C(=O)O)n3ccnc23)c(=O)n1C. The Balaban J connectivity index is 1.44. The van der Waals surface area contributed by atoms with E-state index in [4.69, 9.17) is 0 Å². The number of aromatic nitrogens is 3. The molecule has 0 spiro atoms. The summed E-state index contributed by atoms with van der Waals surface area (Å²) in [5.74, 6) is -7.05. The Labute approximate surface area is 259 Å². The number of carboxylic acids is 1. The number of carbonyl (C=O) groups excluding carboxylic acids is 1. The van der Waals surface area contributed by atoms with Crippen molar-refractivity contribution in [2.45, 2.75) is 50.6 Å². The number of carbonyl (C=O) groups is 2. The van der Waals surface area contributed by atoms with E-state index >= 15 is 0 Å². The van der Waals surface area contributed by atoms with Crippen molar-refractivity contribution in [2.24, 2.45) is 13.0 Å². The molecule has 250 valence electrons. The summed E-state index contributed by atoms with van der Waals surface area (Å²) in [4.78, 5) is 42.0. The lowest BCUT2D eigenvalue weighted by Gasteiger charge is -2.23. The molecule has 2 unspecified atom stereocenters. The van der Waals surface area contributed by atoms with Crippen LogP contribution in [0.25, 0.3) is 16.8 Å². The molecule has 4 aromatic rings. The minimum atomic E-state index is -4.91. The van der Waals surface area contributed by atoms with Gasteiger partial charge in [-0.3, -0.25) is 9.59 Å². The van der Waals surface area contributed by atoms with Gasteiger partial charge in [0.1, 0.15) is 34.9 Å². The maximum atomic E-state index is 14.9. The molecule has 9 nitrogen and oxygen atoms in total. The zero-order valence-corrected chi connectivity index (χ0v) is 24.4. The number of pyridine rings is 2. The highest BCUT2D eigenvalue weighted by molar-refractivity contribution is 5.97. The van der Waals surface area contributed by atoms with Crippen molar-refractivity contribution in [2.75, 3.05) is 5.32 Å². The smallest absolute Gasteiger partial charge is 0.417 e. The monoisotopic (exact) mass is 671 g/mol. The number of nitrogens with one attached hydrogen (secondary N) is 2. The van der Waals surface area contributed by atoms with Gasteiger partial charge in [0, 0.05) is 48.5 Å². The Morgan fingerprint density at radius 1 is 1.06 bits per heavy atom. The van der Waals surface area contributed by atoms with E-state index in [-0.39, 0.29) is 35.4 Å². The summed E-state index contributed by atoms with van der Waals surface area (Å²) < 4.78 is 114. The lowest BCUT2D eigenvalue weighted by atomic mass is 9.99. The summed E-state index contributed by atoms with van der Waals surface area (Å²) in [7, 11) is 1.29. The number of anilines is 1. The molecule has 3 heterocycles. The molecule has 0 aliphatic heterocycles. The molecule has 1 fully saturated rings. The largest absolute Gasteiger partial charge is 0.480 e. The first-order chi connectivity index (χ1) is 21.9. The third-order valence-electron chi connectivity index (χ3n) is 7.93. The summed E-state index contributed by atoms with van der Waals surface area (Å²) in [6.07, 6.45) is -7.17. The zero-order chi connectivity index (χ0) is 34.6. The van der Waals surface area contributed by atoms with Crippen molar-refractivity contribution in [1.29, 1.82) is 0 Å². The second-order valence-corrected chi connectivity index (χ2v) is 11.2. The highest BCUT2D eigenvalue weighted by atomic mass is 19.4. The molecule has 0 radical (unpaired) electrons. The molecule has 1 aliphatic carbocycles. The average molecular weight is 672 g/mol. The van der Waals surface area contributed by atoms with E-state index in [1.54, 1.807) is 0 Å². The van der Waals surface area contributed by atoms with E-state index in [1.165, 1.54) is 36.8 Å². The molecule has 47 heavy (non-hydrogen) atoms. The lowest BCUT2D eigenvalue weighted by Crippen LogP contribution is -2.43. The molecule has 3 aromatic heterocycles. The third-order valence-corrected chi connectivity index (χ3v) is 7.93. The van der Waals surface area contributed by atoms with Crippen LogP contribution in [0.1, 0.15) is 40.2 Å². The topological polar surface area (TPSA) is 118 Å². The molecule has 17 heteroatoms. The lowest BCUT2D eigenvalue weighted by molar-refractivity contribution is -0.146. The Kier molecular flexibility index (Phi) is 8.53. The first-order valence-corrected chi connectivity index (χ1v) is 14.0. The van der Waals surface area contributed by atoms with E-state index in [2.05, 4.69) is 4.98 Å². The van der Waals surface area contributed by atoms with Gasteiger partial charge in [-0.25, -0.2) is 18.6 Å². The van der Waals surface area contributed by atoms with E-state index in [0.717, 1.165) is 16.7 Å².